The summed E-state index contributed by atoms with van der Waals surface area (Å²) in [5.74, 6) is 1.06. The average molecular weight is 243 g/mol. The van der Waals surface area contributed by atoms with E-state index in [0.29, 0.717) is 17.6 Å². The van der Waals surface area contributed by atoms with Crippen LogP contribution in [-0.4, -0.2) is 15.0 Å². The van der Waals surface area contributed by atoms with Gasteiger partial charge in [0, 0.05) is 17.5 Å². The van der Waals surface area contributed by atoms with E-state index >= 15 is 0 Å². The van der Waals surface area contributed by atoms with Crippen LogP contribution < -0.4 is 5.32 Å². The lowest BCUT2D eigenvalue weighted by Gasteiger charge is -1.99. The molecule has 84 valence electrons. The number of hydrogen-bond acceptors (Lipinski definition) is 6. The SMILES string of the molecule is N#Cc1ccnc(Nc2nc(C3CC3)cs2)n1. The van der Waals surface area contributed by atoms with Gasteiger partial charge < -0.3 is 5.32 Å². The molecule has 2 aromatic heterocycles. The third-order valence-corrected chi connectivity index (χ3v) is 3.28. The van der Waals surface area contributed by atoms with Gasteiger partial charge in [0.05, 0.1) is 5.69 Å². The predicted octanol–water partition coefficient (Wildman–Crippen LogP) is 2.43. The second kappa shape index (κ2) is 4.11. The zero-order chi connectivity index (χ0) is 11.7. The van der Waals surface area contributed by atoms with Gasteiger partial charge in [-0.15, -0.1) is 11.3 Å². The first-order valence-electron chi connectivity index (χ1n) is 5.31. The second-order valence-electron chi connectivity index (χ2n) is 3.85. The molecule has 0 aromatic carbocycles. The van der Waals surface area contributed by atoms with E-state index < -0.39 is 0 Å². The number of hydrogen-bond donors (Lipinski definition) is 1. The van der Waals surface area contributed by atoms with Crippen molar-refractivity contribution >= 4 is 22.4 Å². The van der Waals surface area contributed by atoms with Crippen molar-refractivity contribution < 1.29 is 0 Å². The number of thiazole rings is 1. The van der Waals surface area contributed by atoms with Crippen LogP contribution >= 0.6 is 11.3 Å². The molecular weight excluding hydrogens is 234 g/mol. The molecule has 0 bridgehead atoms. The van der Waals surface area contributed by atoms with Crippen LogP contribution in [0.1, 0.15) is 30.1 Å². The molecule has 1 fully saturated rings. The van der Waals surface area contributed by atoms with Crippen LogP contribution in [0.15, 0.2) is 17.6 Å². The monoisotopic (exact) mass is 243 g/mol. The molecule has 0 amide bonds. The van der Waals surface area contributed by atoms with E-state index in [4.69, 9.17) is 5.26 Å². The first kappa shape index (κ1) is 10.2. The van der Waals surface area contributed by atoms with Crippen molar-refractivity contribution in [3.63, 3.8) is 0 Å². The Morgan fingerprint density at radius 2 is 2.29 bits per heavy atom. The topological polar surface area (TPSA) is 74.5 Å². The highest BCUT2D eigenvalue weighted by Gasteiger charge is 2.26. The van der Waals surface area contributed by atoms with Crippen molar-refractivity contribution in [1.29, 1.82) is 5.26 Å². The van der Waals surface area contributed by atoms with E-state index in [9.17, 15) is 0 Å². The van der Waals surface area contributed by atoms with Crippen molar-refractivity contribution in [1.82, 2.24) is 15.0 Å². The van der Waals surface area contributed by atoms with Crippen molar-refractivity contribution in [3.05, 3.63) is 29.0 Å². The van der Waals surface area contributed by atoms with Gasteiger partial charge in [-0.25, -0.2) is 15.0 Å². The molecule has 0 radical (unpaired) electrons. The maximum atomic E-state index is 8.73. The maximum Gasteiger partial charge on any atom is 0.230 e. The van der Waals surface area contributed by atoms with Gasteiger partial charge in [0.15, 0.2) is 5.13 Å². The van der Waals surface area contributed by atoms with E-state index in [-0.39, 0.29) is 0 Å². The molecule has 0 spiro atoms. The van der Waals surface area contributed by atoms with Gasteiger partial charge in [-0.3, -0.25) is 0 Å². The molecule has 0 saturated heterocycles. The van der Waals surface area contributed by atoms with Gasteiger partial charge in [-0.1, -0.05) is 0 Å². The highest BCUT2D eigenvalue weighted by atomic mass is 32.1. The molecule has 1 saturated carbocycles. The number of rotatable bonds is 3. The Morgan fingerprint density at radius 1 is 1.41 bits per heavy atom. The van der Waals surface area contributed by atoms with E-state index in [0.717, 1.165) is 10.8 Å². The molecule has 3 rings (SSSR count). The third-order valence-electron chi connectivity index (χ3n) is 2.51. The van der Waals surface area contributed by atoms with Gasteiger partial charge in [0.25, 0.3) is 0 Å². The lowest BCUT2D eigenvalue weighted by Crippen LogP contribution is -1.97. The van der Waals surface area contributed by atoms with Gasteiger partial charge in [0.2, 0.25) is 5.95 Å². The number of nitriles is 1. The first-order chi connectivity index (χ1) is 8.35. The first-order valence-corrected chi connectivity index (χ1v) is 6.19. The molecule has 2 aromatic rings. The van der Waals surface area contributed by atoms with Crippen LogP contribution in [0, 0.1) is 11.3 Å². The fraction of sp³-hybridized carbons (Fsp3) is 0.273. The zero-order valence-electron chi connectivity index (χ0n) is 8.92. The predicted molar refractivity (Wildman–Crippen MR) is 64.1 cm³/mol. The molecule has 1 N–H and O–H groups in total. The Labute approximate surface area is 102 Å². The summed E-state index contributed by atoms with van der Waals surface area (Å²) in [5.41, 5.74) is 1.50. The standard InChI is InChI=1S/C11H9N5S/c12-5-8-3-4-13-10(14-8)16-11-15-9(6-17-11)7-1-2-7/h3-4,6-7H,1-2H2,(H,13,14,15,16). The minimum absolute atomic E-state index is 0.349. The van der Waals surface area contributed by atoms with E-state index in [1.807, 2.05) is 6.07 Å². The molecule has 1 aliphatic carbocycles. The van der Waals surface area contributed by atoms with E-state index in [1.54, 1.807) is 23.6 Å². The summed E-state index contributed by atoms with van der Waals surface area (Å²) in [5, 5.41) is 14.6. The average Bonchev–Trinajstić information content (AvgIpc) is 3.11. The molecule has 17 heavy (non-hydrogen) atoms. The summed E-state index contributed by atoms with van der Waals surface area (Å²) in [6, 6.07) is 3.55. The van der Waals surface area contributed by atoms with Crippen molar-refractivity contribution in [2.75, 3.05) is 5.32 Å². The molecule has 1 aliphatic rings. The van der Waals surface area contributed by atoms with E-state index in [2.05, 4.69) is 25.6 Å². The number of anilines is 2. The maximum absolute atomic E-state index is 8.73. The quantitative estimate of drug-likeness (QED) is 0.896. The summed E-state index contributed by atoms with van der Waals surface area (Å²) in [6.07, 6.45) is 4.04. The van der Waals surface area contributed by atoms with Crippen LogP contribution in [0.4, 0.5) is 11.1 Å². The molecule has 5 nitrogen and oxygen atoms in total. The van der Waals surface area contributed by atoms with Gasteiger partial charge >= 0.3 is 0 Å². The zero-order valence-corrected chi connectivity index (χ0v) is 9.74. The van der Waals surface area contributed by atoms with Crippen molar-refractivity contribution in [3.8, 4) is 6.07 Å². The van der Waals surface area contributed by atoms with Crippen molar-refractivity contribution in [2.24, 2.45) is 0 Å². The molecule has 0 unspecified atom stereocenters. The van der Waals surface area contributed by atoms with Gasteiger partial charge in [0.1, 0.15) is 11.8 Å². The number of nitrogens with zero attached hydrogens (tertiary/aromatic N) is 4. The third kappa shape index (κ3) is 2.24. The fourth-order valence-corrected chi connectivity index (χ4v) is 2.27. The van der Waals surface area contributed by atoms with Gasteiger partial charge in [-0.2, -0.15) is 5.26 Å². The molecule has 0 aliphatic heterocycles. The Kier molecular flexibility index (Phi) is 2.46. The Balaban J connectivity index is 1.78. The second-order valence-corrected chi connectivity index (χ2v) is 4.71. The molecule has 6 heteroatoms. The van der Waals surface area contributed by atoms with Crippen LogP contribution in [0.2, 0.25) is 0 Å². The summed E-state index contributed by atoms with van der Waals surface area (Å²) in [6.45, 7) is 0. The minimum atomic E-state index is 0.349. The molecular formula is C11H9N5S. The Hall–Kier alpha value is -2.00. The summed E-state index contributed by atoms with van der Waals surface area (Å²) >= 11 is 1.54. The fourth-order valence-electron chi connectivity index (χ4n) is 1.49. The van der Waals surface area contributed by atoms with Crippen LogP contribution in [-0.2, 0) is 0 Å². The Bertz CT molecular complexity index is 582. The van der Waals surface area contributed by atoms with Crippen LogP contribution in [0.3, 0.4) is 0 Å². The highest BCUT2D eigenvalue weighted by Crippen LogP contribution is 2.41. The molecule has 2 heterocycles. The molecule has 0 atom stereocenters. The van der Waals surface area contributed by atoms with Crippen LogP contribution in [0.25, 0.3) is 0 Å². The smallest absolute Gasteiger partial charge is 0.230 e. The normalized spacial score (nSPS) is 14.3. The largest absolute Gasteiger partial charge is 0.300 e. The minimum Gasteiger partial charge on any atom is -0.300 e. The van der Waals surface area contributed by atoms with Gasteiger partial charge in [-0.05, 0) is 18.9 Å². The lowest BCUT2D eigenvalue weighted by atomic mass is 10.3. The van der Waals surface area contributed by atoms with Crippen molar-refractivity contribution in [2.45, 2.75) is 18.8 Å². The summed E-state index contributed by atoms with van der Waals surface area (Å²) in [4.78, 5) is 12.6. The highest BCUT2D eigenvalue weighted by molar-refractivity contribution is 7.13. The summed E-state index contributed by atoms with van der Waals surface area (Å²) < 4.78 is 0. The lowest BCUT2D eigenvalue weighted by molar-refractivity contribution is 1.05. The Morgan fingerprint density at radius 3 is 3.06 bits per heavy atom. The number of aromatic nitrogens is 3. The van der Waals surface area contributed by atoms with E-state index in [1.165, 1.54) is 12.8 Å². The van der Waals surface area contributed by atoms with Crippen LogP contribution in [0.5, 0.6) is 0 Å². The summed E-state index contributed by atoms with van der Waals surface area (Å²) in [7, 11) is 0. The number of nitrogens with one attached hydrogen (secondary N) is 1.